The molecule has 0 aliphatic rings. The maximum Gasteiger partial charge on any atom is 0.0670 e. The first kappa shape index (κ1) is 14.1. The molecule has 0 spiro atoms. The second-order valence-electron chi connectivity index (χ2n) is 4.57. The lowest BCUT2D eigenvalue weighted by Gasteiger charge is -2.16. The van der Waals surface area contributed by atoms with E-state index in [2.05, 4.69) is 17.4 Å². The summed E-state index contributed by atoms with van der Waals surface area (Å²) in [5, 5.41) is 5.22. The van der Waals surface area contributed by atoms with Crippen LogP contribution in [0.15, 0.2) is 30.5 Å². The fourth-order valence-electron chi connectivity index (χ4n) is 2.26. The Morgan fingerprint density at radius 3 is 2.79 bits per heavy atom. The van der Waals surface area contributed by atoms with Crippen LogP contribution in [-0.4, -0.2) is 9.78 Å². The molecule has 102 valence electrons. The van der Waals surface area contributed by atoms with Gasteiger partial charge in [-0.05, 0) is 24.5 Å². The van der Waals surface area contributed by atoms with Crippen molar-refractivity contribution < 1.29 is 0 Å². The Bertz CT molecular complexity index is 550. The number of aromatic nitrogens is 2. The zero-order valence-electron chi connectivity index (χ0n) is 11.2. The van der Waals surface area contributed by atoms with E-state index in [9.17, 15) is 0 Å². The van der Waals surface area contributed by atoms with Crippen molar-refractivity contribution in [2.45, 2.75) is 25.8 Å². The molecule has 0 fully saturated rings. The third-order valence-corrected chi connectivity index (χ3v) is 3.60. The molecule has 2 aromatic rings. The highest BCUT2D eigenvalue weighted by molar-refractivity contribution is 6.31. The van der Waals surface area contributed by atoms with E-state index in [4.69, 9.17) is 17.4 Å². The number of aryl methyl sites for hydroxylation is 2. The minimum absolute atomic E-state index is 0.0172. The normalized spacial score (nSPS) is 12.6. The summed E-state index contributed by atoms with van der Waals surface area (Å²) < 4.78 is 1.82. The summed E-state index contributed by atoms with van der Waals surface area (Å²) >= 11 is 6.20. The number of nitrogens with one attached hydrogen (secondary N) is 1. The average Bonchev–Trinajstić information content (AvgIpc) is 2.79. The van der Waals surface area contributed by atoms with Gasteiger partial charge >= 0.3 is 0 Å². The first-order chi connectivity index (χ1) is 9.15. The third kappa shape index (κ3) is 3.15. The van der Waals surface area contributed by atoms with Crippen molar-refractivity contribution in [1.29, 1.82) is 0 Å². The highest BCUT2D eigenvalue weighted by Crippen LogP contribution is 2.24. The summed E-state index contributed by atoms with van der Waals surface area (Å²) in [4.78, 5) is 0. The second-order valence-corrected chi connectivity index (χ2v) is 4.98. The lowest BCUT2D eigenvalue weighted by molar-refractivity contribution is 0.547. The minimum atomic E-state index is 0.0172. The van der Waals surface area contributed by atoms with Gasteiger partial charge in [0.2, 0.25) is 0 Å². The lowest BCUT2D eigenvalue weighted by Crippen LogP contribution is -2.30. The molecule has 19 heavy (non-hydrogen) atoms. The van der Waals surface area contributed by atoms with E-state index in [-0.39, 0.29) is 6.04 Å². The highest BCUT2D eigenvalue weighted by atomic mass is 35.5. The molecular formula is C14H19ClN4. The Morgan fingerprint density at radius 2 is 2.16 bits per heavy atom. The van der Waals surface area contributed by atoms with Crippen LogP contribution in [0.4, 0.5) is 0 Å². The first-order valence-corrected chi connectivity index (χ1v) is 6.75. The van der Waals surface area contributed by atoms with Crippen LogP contribution in [0.5, 0.6) is 0 Å². The average molecular weight is 279 g/mol. The Hall–Kier alpha value is -1.36. The molecule has 3 N–H and O–H groups in total. The molecule has 1 aromatic heterocycles. The predicted octanol–water partition coefficient (Wildman–Crippen LogP) is 2.38. The van der Waals surface area contributed by atoms with Gasteiger partial charge in [-0.1, -0.05) is 36.7 Å². The standard InChI is InChI=1S/C14H19ClN4/c1-3-13-11(9-19(2)18-13)14(17-16)8-10-6-4-5-7-12(10)15/h4-7,9,14,17H,3,8,16H2,1-2H3. The van der Waals surface area contributed by atoms with Crippen LogP contribution in [0, 0.1) is 0 Å². The van der Waals surface area contributed by atoms with Crippen molar-refractivity contribution in [3.63, 3.8) is 0 Å². The topological polar surface area (TPSA) is 55.9 Å². The van der Waals surface area contributed by atoms with E-state index in [1.165, 1.54) is 0 Å². The molecule has 1 unspecified atom stereocenters. The number of halogens is 1. The van der Waals surface area contributed by atoms with Crippen LogP contribution in [0.1, 0.15) is 29.8 Å². The summed E-state index contributed by atoms with van der Waals surface area (Å²) in [6.07, 6.45) is 3.64. The summed E-state index contributed by atoms with van der Waals surface area (Å²) in [5.74, 6) is 5.71. The molecule has 1 atom stereocenters. The minimum Gasteiger partial charge on any atom is -0.275 e. The molecule has 1 heterocycles. The van der Waals surface area contributed by atoms with Crippen molar-refractivity contribution in [1.82, 2.24) is 15.2 Å². The molecule has 5 heteroatoms. The van der Waals surface area contributed by atoms with Gasteiger partial charge in [-0.2, -0.15) is 5.10 Å². The van der Waals surface area contributed by atoms with Crippen LogP contribution in [0.3, 0.4) is 0 Å². The summed E-state index contributed by atoms with van der Waals surface area (Å²) in [5.41, 5.74) is 6.15. The van der Waals surface area contributed by atoms with Crippen LogP contribution in [-0.2, 0) is 19.9 Å². The number of benzene rings is 1. The maximum absolute atomic E-state index is 6.20. The van der Waals surface area contributed by atoms with Gasteiger partial charge in [-0.15, -0.1) is 0 Å². The van der Waals surface area contributed by atoms with Crippen molar-refractivity contribution in [3.05, 3.63) is 52.3 Å². The summed E-state index contributed by atoms with van der Waals surface area (Å²) in [6, 6.07) is 7.85. The van der Waals surface area contributed by atoms with Gasteiger partial charge in [0.25, 0.3) is 0 Å². The second kappa shape index (κ2) is 6.19. The smallest absolute Gasteiger partial charge is 0.0670 e. The molecule has 0 saturated heterocycles. The van der Waals surface area contributed by atoms with Crippen molar-refractivity contribution in [2.24, 2.45) is 12.9 Å². The SMILES string of the molecule is CCc1nn(C)cc1C(Cc1ccccc1Cl)NN. The molecule has 0 saturated carbocycles. The fourth-order valence-corrected chi connectivity index (χ4v) is 2.47. The Labute approximate surface area is 118 Å². The van der Waals surface area contributed by atoms with Gasteiger partial charge in [0.15, 0.2) is 0 Å². The quantitative estimate of drug-likeness (QED) is 0.652. The van der Waals surface area contributed by atoms with E-state index in [1.54, 1.807) is 0 Å². The van der Waals surface area contributed by atoms with Crippen molar-refractivity contribution >= 4 is 11.6 Å². The number of hydrogen-bond acceptors (Lipinski definition) is 3. The monoisotopic (exact) mass is 278 g/mol. The molecular weight excluding hydrogens is 260 g/mol. The van der Waals surface area contributed by atoms with Gasteiger partial charge < -0.3 is 0 Å². The van der Waals surface area contributed by atoms with Gasteiger partial charge in [-0.25, -0.2) is 0 Å². The van der Waals surface area contributed by atoms with Crippen LogP contribution in [0.25, 0.3) is 0 Å². The zero-order chi connectivity index (χ0) is 13.8. The molecule has 4 nitrogen and oxygen atoms in total. The largest absolute Gasteiger partial charge is 0.275 e. The third-order valence-electron chi connectivity index (χ3n) is 3.23. The van der Waals surface area contributed by atoms with Gasteiger partial charge in [0.1, 0.15) is 0 Å². The summed E-state index contributed by atoms with van der Waals surface area (Å²) in [6.45, 7) is 2.09. The fraction of sp³-hybridized carbons (Fsp3) is 0.357. The van der Waals surface area contributed by atoms with Crippen LogP contribution in [0.2, 0.25) is 5.02 Å². The molecule has 0 radical (unpaired) electrons. The number of nitrogens with two attached hydrogens (primary N) is 1. The van der Waals surface area contributed by atoms with E-state index < -0.39 is 0 Å². The van der Waals surface area contributed by atoms with Crippen LogP contribution >= 0.6 is 11.6 Å². The molecule has 2 rings (SSSR count). The van der Waals surface area contributed by atoms with Crippen molar-refractivity contribution in [2.75, 3.05) is 0 Å². The number of hydrogen-bond donors (Lipinski definition) is 2. The Morgan fingerprint density at radius 1 is 1.42 bits per heavy atom. The summed E-state index contributed by atoms with van der Waals surface area (Å²) in [7, 11) is 1.92. The number of hydrazine groups is 1. The maximum atomic E-state index is 6.20. The predicted molar refractivity (Wildman–Crippen MR) is 77.8 cm³/mol. The molecule has 0 aliphatic heterocycles. The van der Waals surface area contributed by atoms with E-state index in [0.717, 1.165) is 34.7 Å². The van der Waals surface area contributed by atoms with Gasteiger partial charge in [0, 0.05) is 23.8 Å². The van der Waals surface area contributed by atoms with Crippen molar-refractivity contribution in [3.8, 4) is 0 Å². The van der Waals surface area contributed by atoms with E-state index >= 15 is 0 Å². The van der Waals surface area contributed by atoms with E-state index in [0.29, 0.717) is 0 Å². The van der Waals surface area contributed by atoms with E-state index in [1.807, 2.05) is 42.2 Å². The van der Waals surface area contributed by atoms with Gasteiger partial charge in [-0.3, -0.25) is 16.0 Å². The molecule has 0 bridgehead atoms. The number of nitrogens with zero attached hydrogens (tertiary/aromatic N) is 2. The molecule has 1 aromatic carbocycles. The Kier molecular flexibility index (Phi) is 4.58. The number of rotatable bonds is 5. The Balaban J connectivity index is 2.27. The van der Waals surface area contributed by atoms with Gasteiger partial charge in [0.05, 0.1) is 11.7 Å². The lowest BCUT2D eigenvalue weighted by atomic mass is 9.99. The highest BCUT2D eigenvalue weighted by Gasteiger charge is 2.18. The molecule has 0 aliphatic carbocycles. The van der Waals surface area contributed by atoms with Crippen LogP contribution < -0.4 is 11.3 Å². The first-order valence-electron chi connectivity index (χ1n) is 6.37. The molecule has 0 amide bonds. The zero-order valence-corrected chi connectivity index (χ0v) is 12.0.